The fourth-order valence-electron chi connectivity index (χ4n) is 3.05. The van der Waals surface area contributed by atoms with E-state index < -0.39 is 0 Å². The van der Waals surface area contributed by atoms with Crippen LogP contribution in [-0.4, -0.2) is 40.4 Å². The molecule has 0 saturated carbocycles. The number of hydrogen-bond donors (Lipinski definition) is 0. The first-order valence-corrected chi connectivity index (χ1v) is 11.2. The molecule has 6 nitrogen and oxygen atoms in total. The molecule has 4 rings (SSSR count). The molecule has 0 aliphatic rings. The maximum absolute atomic E-state index is 12.7. The van der Waals surface area contributed by atoms with Gasteiger partial charge in [-0.2, -0.15) is 4.98 Å². The Balaban J connectivity index is 1.27. The van der Waals surface area contributed by atoms with Crippen molar-refractivity contribution in [1.82, 2.24) is 15.0 Å². The summed E-state index contributed by atoms with van der Waals surface area (Å²) in [5, 5.41) is 4.00. The quantitative estimate of drug-likeness (QED) is 0.261. The zero-order valence-corrected chi connectivity index (χ0v) is 18.5. The first-order valence-electron chi connectivity index (χ1n) is 10.2. The predicted molar refractivity (Wildman–Crippen MR) is 125 cm³/mol. The summed E-state index contributed by atoms with van der Waals surface area (Å²) in [7, 11) is 1.71. The summed E-state index contributed by atoms with van der Waals surface area (Å²) in [6.07, 6.45) is 0. The maximum atomic E-state index is 12.7. The standard InChI is InChI=1S/C25H23N3O3S/c1-28(18-23-26-24(27-31-23)19-8-4-2-5-9-19)25(29)20-12-14-21(15-13-20)30-16-17-32-22-10-6-3-7-11-22/h2-15H,16-18H2,1H3. The molecule has 0 atom stereocenters. The molecule has 162 valence electrons. The minimum absolute atomic E-state index is 0.129. The van der Waals surface area contributed by atoms with E-state index in [1.807, 2.05) is 60.7 Å². The zero-order chi connectivity index (χ0) is 22.2. The van der Waals surface area contributed by atoms with Crippen LogP contribution in [0.3, 0.4) is 0 Å². The number of ether oxygens (including phenoxy) is 1. The van der Waals surface area contributed by atoms with Crippen LogP contribution in [0.15, 0.2) is 94.3 Å². The normalized spacial score (nSPS) is 10.7. The highest BCUT2D eigenvalue weighted by Crippen LogP contribution is 2.19. The van der Waals surface area contributed by atoms with Gasteiger partial charge in [-0.25, -0.2) is 0 Å². The van der Waals surface area contributed by atoms with E-state index in [1.54, 1.807) is 35.8 Å². The Kier molecular flexibility index (Phi) is 7.19. The Morgan fingerprint density at radius 1 is 0.969 bits per heavy atom. The van der Waals surface area contributed by atoms with Gasteiger partial charge in [0.15, 0.2) is 0 Å². The summed E-state index contributed by atoms with van der Waals surface area (Å²) in [6, 6.07) is 27.0. The van der Waals surface area contributed by atoms with Crippen molar-refractivity contribution < 1.29 is 14.1 Å². The molecule has 7 heteroatoms. The number of rotatable bonds is 9. The Bertz CT molecular complexity index is 1130. The maximum Gasteiger partial charge on any atom is 0.254 e. The third kappa shape index (κ3) is 5.76. The lowest BCUT2D eigenvalue weighted by molar-refractivity contribution is 0.0769. The van der Waals surface area contributed by atoms with E-state index in [2.05, 4.69) is 22.3 Å². The molecule has 0 bridgehead atoms. The monoisotopic (exact) mass is 445 g/mol. The lowest BCUT2D eigenvalue weighted by atomic mass is 10.2. The van der Waals surface area contributed by atoms with Crippen molar-refractivity contribution in [2.24, 2.45) is 0 Å². The average Bonchev–Trinajstić information content (AvgIpc) is 3.31. The molecule has 32 heavy (non-hydrogen) atoms. The van der Waals surface area contributed by atoms with E-state index in [4.69, 9.17) is 9.26 Å². The molecule has 0 fully saturated rings. The third-order valence-electron chi connectivity index (χ3n) is 4.68. The summed E-state index contributed by atoms with van der Waals surface area (Å²) in [5.41, 5.74) is 1.44. The molecule has 0 N–H and O–H groups in total. The van der Waals surface area contributed by atoms with E-state index in [0.717, 1.165) is 17.1 Å². The minimum Gasteiger partial charge on any atom is -0.493 e. The van der Waals surface area contributed by atoms with Gasteiger partial charge in [0.1, 0.15) is 5.75 Å². The van der Waals surface area contributed by atoms with Crippen LogP contribution in [0.4, 0.5) is 0 Å². The first kappa shape index (κ1) is 21.6. The number of hydrogen-bond acceptors (Lipinski definition) is 6. The molecule has 0 radical (unpaired) electrons. The Labute approximate surface area is 191 Å². The first-order chi connectivity index (χ1) is 15.7. The summed E-state index contributed by atoms with van der Waals surface area (Å²) >= 11 is 1.75. The van der Waals surface area contributed by atoms with E-state index in [0.29, 0.717) is 23.9 Å². The van der Waals surface area contributed by atoms with E-state index in [9.17, 15) is 4.79 Å². The fraction of sp³-hybridized carbons (Fsp3) is 0.160. The molecule has 1 aromatic heterocycles. The molecule has 1 amide bonds. The number of thioether (sulfide) groups is 1. The van der Waals surface area contributed by atoms with E-state index in [1.165, 1.54) is 4.90 Å². The van der Waals surface area contributed by atoms with Crippen LogP contribution in [0.2, 0.25) is 0 Å². The topological polar surface area (TPSA) is 68.5 Å². The van der Waals surface area contributed by atoms with Crippen LogP contribution in [0.1, 0.15) is 16.2 Å². The summed E-state index contributed by atoms with van der Waals surface area (Å²) < 4.78 is 11.1. The molecule has 1 heterocycles. The smallest absolute Gasteiger partial charge is 0.254 e. The molecule has 0 unspecified atom stereocenters. The van der Waals surface area contributed by atoms with Crippen LogP contribution in [0.25, 0.3) is 11.4 Å². The van der Waals surface area contributed by atoms with Crippen LogP contribution in [0.5, 0.6) is 5.75 Å². The van der Waals surface area contributed by atoms with Gasteiger partial charge >= 0.3 is 0 Å². The fourth-order valence-corrected chi connectivity index (χ4v) is 3.80. The SMILES string of the molecule is CN(Cc1nc(-c2ccccc2)no1)C(=O)c1ccc(OCCSc2ccccc2)cc1. The van der Waals surface area contributed by atoms with Gasteiger partial charge in [0, 0.05) is 28.8 Å². The summed E-state index contributed by atoms with van der Waals surface area (Å²) in [5.74, 6) is 2.35. The number of amides is 1. The van der Waals surface area contributed by atoms with Crippen LogP contribution >= 0.6 is 11.8 Å². The van der Waals surface area contributed by atoms with Crippen molar-refractivity contribution in [3.63, 3.8) is 0 Å². The number of carbonyl (C=O) groups is 1. The second kappa shape index (κ2) is 10.6. The highest BCUT2D eigenvalue weighted by atomic mass is 32.2. The van der Waals surface area contributed by atoms with Crippen LogP contribution in [0, 0.1) is 0 Å². The molecule has 3 aromatic carbocycles. The molecule has 0 aliphatic heterocycles. The van der Waals surface area contributed by atoms with Gasteiger partial charge in [0.25, 0.3) is 5.91 Å². The van der Waals surface area contributed by atoms with E-state index in [-0.39, 0.29) is 12.5 Å². The summed E-state index contributed by atoms with van der Waals surface area (Å²) in [6.45, 7) is 0.821. The molecular formula is C25H23N3O3S. The van der Waals surface area contributed by atoms with Gasteiger partial charge in [-0.05, 0) is 36.4 Å². The Hall–Kier alpha value is -3.58. The number of aromatic nitrogens is 2. The lowest BCUT2D eigenvalue weighted by Crippen LogP contribution is -2.26. The van der Waals surface area contributed by atoms with E-state index >= 15 is 0 Å². The van der Waals surface area contributed by atoms with Gasteiger partial charge in [0.2, 0.25) is 11.7 Å². The molecule has 4 aromatic rings. The molecule has 0 spiro atoms. The Morgan fingerprint density at radius 2 is 1.66 bits per heavy atom. The second-order valence-corrected chi connectivity index (χ2v) is 8.24. The molecule has 0 aliphatic carbocycles. The van der Waals surface area contributed by atoms with Crippen LogP contribution in [-0.2, 0) is 6.54 Å². The predicted octanol–water partition coefficient (Wildman–Crippen LogP) is 5.18. The number of carbonyl (C=O) groups excluding carboxylic acids is 1. The average molecular weight is 446 g/mol. The van der Waals surface area contributed by atoms with Crippen molar-refractivity contribution in [3.8, 4) is 17.1 Å². The van der Waals surface area contributed by atoms with Crippen molar-refractivity contribution in [2.45, 2.75) is 11.4 Å². The summed E-state index contributed by atoms with van der Waals surface area (Å²) in [4.78, 5) is 19.9. The minimum atomic E-state index is -0.129. The highest BCUT2D eigenvalue weighted by molar-refractivity contribution is 7.99. The number of benzene rings is 3. The van der Waals surface area contributed by atoms with Crippen LogP contribution < -0.4 is 4.74 Å². The molecular weight excluding hydrogens is 422 g/mol. The lowest BCUT2D eigenvalue weighted by Gasteiger charge is -2.15. The van der Waals surface area contributed by atoms with Crippen molar-refractivity contribution in [3.05, 3.63) is 96.4 Å². The Morgan fingerprint density at radius 3 is 2.38 bits per heavy atom. The molecule has 0 saturated heterocycles. The zero-order valence-electron chi connectivity index (χ0n) is 17.7. The van der Waals surface area contributed by atoms with Gasteiger partial charge in [-0.1, -0.05) is 53.7 Å². The second-order valence-electron chi connectivity index (χ2n) is 7.07. The van der Waals surface area contributed by atoms with Crippen molar-refractivity contribution in [2.75, 3.05) is 19.4 Å². The van der Waals surface area contributed by atoms with Crippen molar-refractivity contribution >= 4 is 17.7 Å². The van der Waals surface area contributed by atoms with Gasteiger partial charge < -0.3 is 14.2 Å². The third-order valence-corrected chi connectivity index (χ3v) is 5.66. The largest absolute Gasteiger partial charge is 0.493 e. The van der Waals surface area contributed by atoms with Gasteiger partial charge in [0.05, 0.1) is 13.2 Å². The highest BCUT2D eigenvalue weighted by Gasteiger charge is 2.16. The van der Waals surface area contributed by atoms with Gasteiger partial charge in [-0.3, -0.25) is 4.79 Å². The number of nitrogens with zero attached hydrogens (tertiary/aromatic N) is 3. The van der Waals surface area contributed by atoms with Crippen molar-refractivity contribution in [1.29, 1.82) is 0 Å². The van der Waals surface area contributed by atoms with Gasteiger partial charge in [-0.15, -0.1) is 11.8 Å².